The van der Waals surface area contributed by atoms with Gasteiger partial charge in [0.05, 0.1) is 12.8 Å². The highest BCUT2D eigenvalue weighted by atomic mass is 16.5. The molecule has 8 heteroatoms. The molecule has 0 aromatic carbocycles. The van der Waals surface area contributed by atoms with Crippen LogP contribution in [0, 0.1) is 5.92 Å². The topological polar surface area (TPSA) is 138 Å². The van der Waals surface area contributed by atoms with Gasteiger partial charge in [-0.15, -0.1) is 0 Å². The van der Waals surface area contributed by atoms with Crippen LogP contribution in [0.2, 0.25) is 0 Å². The van der Waals surface area contributed by atoms with E-state index in [0.29, 0.717) is 25.2 Å². The molecule has 0 bridgehead atoms. The van der Waals surface area contributed by atoms with E-state index in [2.05, 4.69) is 20.8 Å². The maximum Gasteiger partial charge on any atom is 0.336 e. The van der Waals surface area contributed by atoms with Crippen LogP contribution in [-0.2, 0) is 23.9 Å². The molecule has 0 saturated carbocycles. The quantitative estimate of drug-likeness (QED) is 0.158. The van der Waals surface area contributed by atoms with Crippen LogP contribution >= 0.6 is 0 Å². The molecule has 3 N–H and O–H groups in total. The molecule has 0 heterocycles. The maximum atomic E-state index is 12.7. The van der Waals surface area contributed by atoms with Gasteiger partial charge in [-0.1, -0.05) is 78.6 Å². The Morgan fingerprint density at radius 3 is 1.88 bits per heavy atom. The van der Waals surface area contributed by atoms with Crippen LogP contribution < -0.4 is 0 Å². The second-order valence-electron chi connectivity index (χ2n) is 9.43. The van der Waals surface area contributed by atoms with E-state index in [1.54, 1.807) is 0 Å². The summed E-state index contributed by atoms with van der Waals surface area (Å²) in [5.41, 5.74) is -2.77. The van der Waals surface area contributed by atoms with E-state index >= 15 is 0 Å². The molecule has 2 atom stereocenters. The van der Waals surface area contributed by atoms with Crippen LogP contribution in [0.3, 0.4) is 0 Å². The SMILES string of the molecule is CCCCCCCC(=O)C(CCCCCCCC(C)C)OC(=O)CC(O)(CC(=O)O)C(=O)O. The number of carbonyl (C=O) groups is 4. The summed E-state index contributed by atoms with van der Waals surface area (Å²) in [5, 5.41) is 28.1. The number of ketones is 1. The Bertz CT molecular complexity index is 601. The Morgan fingerprint density at radius 1 is 0.788 bits per heavy atom. The van der Waals surface area contributed by atoms with Gasteiger partial charge in [0.1, 0.15) is 0 Å². The zero-order chi connectivity index (χ0) is 25.3. The Labute approximate surface area is 198 Å². The number of carboxylic acid groups (broad SMARTS) is 2. The number of unbranched alkanes of at least 4 members (excludes halogenated alkanes) is 8. The zero-order valence-corrected chi connectivity index (χ0v) is 20.6. The molecule has 0 aliphatic heterocycles. The fraction of sp³-hybridized carbons (Fsp3) is 0.840. The zero-order valence-electron chi connectivity index (χ0n) is 20.6. The third-order valence-corrected chi connectivity index (χ3v) is 5.69. The summed E-state index contributed by atoms with van der Waals surface area (Å²) < 4.78 is 5.27. The van der Waals surface area contributed by atoms with Crippen LogP contribution in [0.5, 0.6) is 0 Å². The molecule has 0 radical (unpaired) electrons. The molecule has 0 aliphatic carbocycles. The minimum atomic E-state index is -2.77. The third-order valence-electron chi connectivity index (χ3n) is 5.69. The van der Waals surface area contributed by atoms with Crippen LogP contribution in [0.25, 0.3) is 0 Å². The molecule has 0 aliphatic rings. The van der Waals surface area contributed by atoms with Gasteiger partial charge < -0.3 is 20.1 Å². The number of hydrogen-bond acceptors (Lipinski definition) is 6. The number of carboxylic acids is 2. The molecule has 0 amide bonds. The largest absolute Gasteiger partial charge is 0.481 e. The van der Waals surface area contributed by atoms with E-state index in [4.69, 9.17) is 14.9 Å². The first kappa shape index (κ1) is 31.0. The van der Waals surface area contributed by atoms with Crippen molar-refractivity contribution < 1.29 is 39.2 Å². The lowest BCUT2D eigenvalue weighted by Gasteiger charge is -2.22. The highest BCUT2D eigenvalue weighted by Crippen LogP contribution is 2.20. The predicted octanol–water partition coefficient (Wildman–Crippen LogP) is 4.90. The fourth-order valence-corrected chi connectivity index (χ4v) is 3.67. The van der Waals surface area contributed by atoms with Gasteiger partial charge >= 0.3 is 17.9 Å². The summed E-state index contributed by atoms with van der Waals surface area (Å²) >= 11 is 0. The first-order chi connectivity index (χ1) is 15.5. The van der Waals surface area contributed by atoms with Gasteiger partial charge in [-0.3, -0.25) is 14.4 Å². The Balaban J connectivity index is 4.84. The van der Waals surface area contributed by atoms with Crippen LogP contribution in [0.4, 0.5) is 0 Å². The van der Waals surface area contributed by atoms with Crippen molar-refractivity contribution in [3.05, 3.63) is 0 Å². The molecular formula is C25H44O8. The van der Waals surface area contributed by atoms with E-state index in [-0.39, 0.29) is 12.2 Å². The number of hydrogen-bond donors (Lipinski definition) is 3. The third kappa shape index (κ3) is 15.5. The van der Waals surface area contributed by atoms with Gasteiger partial charge in [0.25, 0.3) is 0 Å². The molecule has 0 rings (SSSR count). The second kappa shape index (κ2) is 17.5. The fourth-order valence-electron chi connectivity index (χ4n) is 3.67. The summed E-state index contributed by atoms with van der Waals surface area (Å²) in [4.78, 5) is 47.2. The van der Waals surface area contributed by atoms with E-state index in [9.17, 15) is 24.3 Å². The van der Waals surface area contributed by atoms with Gasteiger partial charge in [0, 0.05) is 6.42 Å². The van der Waals surface area contributed by atoms with Crippen molar-refractivity contribution in [2.24, 2.45) is 5.92 Å². The summed E-state index contributed by atoms with van der Waals surface area (Å²) in [5.74, 6) is -3.99. The maximum absolute atomic E-state index is 12.7. The summed E-state index contributed by atoms with van der Waals surface area (Å²) in [6.45, 7) is 6.48. The first-order valence-corrected chi connectivity index (χ1v) is 12.4. The molecule has 0 fully saturated rings. The molecule has 192 valence electrons. The van der Waals surface area contributed by atoms with Crippen molar-refractivity contribution in [3.8, 4) is 0 Å². The predicted molar refractivity (Wildman–Crippen MR) is 125 cm³/mol. The van der Waals surface area contributed by atoms with Crippen LogP contribution in [0.1, 0.15) is 117 Å². The Hall–Kier alpha value is -1.96. The van der Waals surface area contributed by atoms with Crippen molar-refractivity contribution in [1.29, 1.82) is 0 Å². The van der Waals surface area contributed by atoms with Crippen molar-refractivity contribution in [2.75, 3.05) is 0 Å². The lowest BCUT2D eigenvalue weighted by atomic mass is 9.95. The van der Waals surface area contributed by atoms with Gasteiger partial charge in [-0.05, 0) is 25.2 Å². The second-order valence-corrected chi connectivity index (χ2v) is 9.43. The van der Waals surface area contributed by atoms with Gasteiger partial charge in [0.2, 0.25) is 0 Å². The lowest BCUT2D eigenvalue weighted by Crippen LogP contribution is -2.44. The molecule has 33 heavy (non-hydrogen) atoms. The number of rotatable bonds is 21. The molecule has 0 aromatic heterocycles. The number of ether oxygens (including phenoxy) is 1. The average molecular weight is 473 g/mol. The Morgan fingerprint density at radius 2 is 1.33 bits per heavy atom. The molecule has 8 nitrogen and oxygen atoms in total. The van der Waals surface area contributed by atoms with E-state index in [1.807, 2.05) is 0 Å². The van der Waals surface area contributed by atoms with Gasteiger partial charge in [-0.25, -0.2) is 4.79 Å². The summed E-state index contributed by atoms with van der Waals surface area (Å²) in [6, 6.07) is 0. The normalized spacial score (nSPS) is 14.0. The number of carbonyl (C=O) groups excluding carboxylic acids is 2. The van der Waals surface area contributed by atoms with E-state index in [1.165, 1.54) is 6.42 Å². The van der Waals surface area contributed by atoms with E-state index in [0.717, 1.165) is 51.4 Å². The van der Waals surface area contributed by atoms with Crippen LogP contribution in [-0.4, -0.2) is 50.7 Å². The Kier molecular flexibility index (Phi) is 16.5. The average Bonchev–Trinajstić information content (AvgIpc) is 2.70. The minimum absolute atomic E-state index is 0.211. The van der Waals surface area contributed by atoms with Crippen LogP contribution in [0.15, 0.2) is 0 Å². The first-order valence-electron chi connectivity index (χ1n) is 12.4. The number of esters is 1. The highest BCUT2D eigenvalue weighted by Gasteiger charge is 2.42. The van der Waals surface area contributed by atoms with Gasteiger partial charge in [-0.2, -0.15) is 0 Å². The number of aliphatic hydroxyl groups is 1. The monoisotopic (exact) mass is 472 g/mol. The number of Topliss-reactive ketones (excluding diaryl/α,β-unsaturated/α-hetero) is 1. The number of aliphatic carboxylic acids is 2. The standard InChI is InChI=1S/C25H44O8/c1-4-5-6-8-12-15-20(26)21(16-13-10-7-9-11-14-19(2)3)33-23(29)18-25(32,24(30)31)17-22(27)28/h19,21,32H,4-18H2,1-3H3,(H,27,28)(H,30,31). The molecule has 2 unspecified atom stereocenters. The van der Waals surface area contributed by atoms with E-state index < -0.39 is 42.5 Å². The van der Waals surface area contributed by atoms with Crippen molar-refractivity contribution in [1.82, 2.24) is 0 Å². The minimum Gasteiger partial charge on any atom is -0.481 e. The lowest BCUT2D eigenvalue weighted by molar-refractivity contribution is -0.174. The summed E-state index contributed by atoms with van der Waals surface area (Å²) in [7, 11) is 0. The molecule has 0 aromatic rings. The smallest absolute Gasteiger partial charge is 0.336 e. The summed E-state index contributed by atoms with van der Waals surface area (Å²) in [6.07, 6.45) is 8.34. The van der Waals surface area contributed by atoms with Gasteiger partial charge in [0.15, 0.2) is 17.5 Å². The molecule has 0 saturated heterocycles. The highest BCUT2D eigenvalue weighted by molar-refractivity contribution is 5.90. The molecule has 0 spiro atoms. The molecular weight excluding hydrogens is 428 g/mol. The van der Waals surface area contributed by atoms with Crippen molar-refractivity contribution in [2.45, 2.75) is 129 Å². The van der Waals surface area contributed by atoms with Crippen molar-refractivity contribution in [3.63, 3.8) is 0 Å². The van der Waals surface area contributed by atoms with Crippen molar-refractivity contribution >= 4 is 23.7 Å².